The van der Waals surface area contributed by atoms with Gasteiger partial charge in [-0.2, -0.15) is 0 Å². The first kappa shape index (κ1) is 7.07. The number of hydrogen-bond donors (Lipinski definition) is 0. The third kappa shape index (κ3) is 0.565. The zero-order valence-electron chi connectivity index (χ0n) is 7.76. The predicted octanol–water partition coefficient (Wildman–Crippen LogP) is 1.39. The Morgan fingerprint density at radius 2 is 2.08 bits per heavy atom. The average Bonchev–Trinajstić information content (AvgIpc) is 2.73. The van der Waals surface area contributed by atoms with E-state index in [-0.39, 0.29) is 17.1 Å². The van der Waals surface area contributed by atoms with Gasteiger partial charge < -0.3 is 4.74 Å². The van der Waals surface area contributed by atoms with E-state index >= 15 is 0 Å². The van der Waals surface area contributed by atoms with Crippen molar-refractivity contribution in [3.63, 3.8) is 0 Å². The summed E-state index contributed by atoms with van der Waals surface area (Å²) in [7, 11) is 0. The van der Waals surface area contributed by atoms with E-state index in [9.17, 15) is 4.79 Å². The maximum absolute atomic E-state index is 11.7. The molecule has 4 unspecified atom stereocenters. The molecule has 1 heterocycles. The lowest BCUT2D eigenvalue weighted by Crippen LogP contribution is -2.25. The van der Waals surface area contributed by atoms with Crippen molar-refractivity contribution in [3.05, 3.63) is 0 Å². The number of carbonyl (C=O) groups is 1. The summed E-state index contributed by atoms with van der Waals surface area (Å²) in [6.45, 7) is 6.48. The fourth-order valence-corrected chi connectivity index (χ4v) is 3.04. The number of epoxide rings is 1. The molecule has 0 aromatic heterocycles. The van der Waals surface area contributed by atoms with Crippen molar-refractivity contribution < 1.29 is 9.53 Å². The van der Waals surface area contributed by atoms with Gasteiger partial charge in [-0.3, -0.25) is 4.79 Å². The van der Waals surface area contributed by atoms with Gasteiger partial charge >= 0.3 is 0 Å². The van der Waals surface area contributed by atoms with Gasteiger partial charge in [0.2, 0.25) is 0 Å². The zero-order valence-corrected chi connectivity index (χ0v) is 7.76. The van der Waals surface area contributed by atoms with Gasteiger partial charge in [0.05, 0.1) is 0 Å². The van der Waals surface area contributed by atoms with Crippen molar-refractivity contribution in [2.24, 2.45) is 17.3 Å². The van der Waals surface area contributed by atoms with Crippen LogP contribution in [0.2, 0.25) is 0 Å². The summed E-state index contributed by atoms with van der Waals surface area (Å²) in [5, 5.41) is 0. The van der Waals surface area contributed by atoms with Gasteiger partial charge in [0.1, 0.15) is 11.7 Å². The van der Waals surface area contributed by atoms with E-state index in [4.69, 9.17) is 4.74 Å². The van der Waals surface area contributed by atoms with E-state index in [1.54, 1.807) is 0 Å². The third-order valence-corrected chi connectivity index (χ3v) is 4.13. The van der Waals surface area contributed by atoms with Crippen LogP contribution in [0.25, 0.3) is 0 Å². The molecule has 12 heavy (non-hydrogen) atoms. The molecule has 1 saturated heterocycles. The highest BCUT2D eigenvalue weighted by atomic mass is 16.6. The SMILES string of the molecule is CC12CC3C(C(=O)C1O2)C3(C)C. The van der Waals surface area contributed by atoms with Crippen LogP contribution in [-0.2, 0) is 9.53 Å². The van der Waals surface area contributed by atoms with Crippen molar-refractivity contribution in [1.29, 1.82) is 0 Å². The zero-order chi connectivity index (χ0) is 8.72. The number of ketones is 1. The van der Waals surface area contributed by atoms with Gasteiger partial charge in [0.15, 0.2) is 5.78 Å². The molecule has 0 radical (unpaired) electrons. The highest BCUT2D eigenvalue weighted by molar-refractivity contribution is 5.93. The monoisotopic (exact) mass is 166 g/mol. The highest BCUT2D eigenvalue weighted by Crippen LogP contribution is 2.69. The van der Waals surface area contributed by atoms with Crippen LogP contribution in [0.1, 0.15) is 27.2 Å². The molecule has 0 bridgehead atoms. The predicted molar refractivity (Wildman–Crippen MR) is 43.7 cm³/mol. The van der Waals surface area contributed by atoms with Crippen LogP contribution in [0.15, 0.2) is 0 Å². The van der Waals surface area contributed by atoms with Crippen LogP contribution in [0.4, 0.5) is 0 Å². The molecule has 2 nitrogen and oxygen atoms in total. The summed E-state index contributed by atoms with van der Waals surface area (Å²) in [5.74, 6) is 1.30. The lowest BCUT2D eigenvalue weighted by Gasteiger charge is -2.09. The molecule has 0 N–H and O–H groups in total. The van der Waals surface area contributed by atoms with Gasteiger partial charge in [-0.15, -0.1) is 0 Å². The summed E-state index contributed by atoms with van der Waals surface area (Å²) < 4.78 is 5.42. The van der Waals surface area contributed by atoms with Crippen molar-refractivity contribution in [1.82, 2.24) is 0 Å². The summed E-state index contributed by atoms with van der Waals surface area (Å²) in [5.41, 5.74) is 0.211. The van der Waals surface area contributed by atoms with Crippen LogP contribution in [0, 0.1) is 17.3 Å². The second-order valence-electron chi connectivity index (χ2n) is 5.32. The molecular formula is C10H14O2. The summed E-state index contributed by atoms with van der Waals surface area (Å²) in [4.78, 5) is 11.7. The van der Waals surface area contributed by atoms with Gasteiger partial charge in [0, 0.05) is 5.92 Å². The molecule has 3 aliphatic rings. The van der Waals surface area contributed by atoms with E-state index in [2.05, 4.69) is 20.8 Å². The first-order valence-corrected chi connectivity index (χ1v) is 4.68. The summed E-state index contributed by atoms with van der Waals surface area (Å²) in [6, 6.07) is 0. The molecule has 0 amide bonds. The largest absolute Gasteiger partial charge is 0.358 e. The smallest absolute Gasteiger partial charge is 0.168 e. The maximum atomic E-state index is 11.7. The van der Waals surface area contributed by atoms with Crippen LogP contribution in [0.3, 0.4) is 0 Å². The number of Topliss-reactive ketones (excluding diaryl/α,β-unsaturated/α-hetero) is 1. The standard InChI is InChI=1S/C10H14O2/c1-9(2)5-4-10(3)8(12-10)7(11)6(5)9/h5-6,8H,4H2,1-3H3. The molecule has 66 valence electrons. The Morgan fingerprint density at radius 3 is 2.75 bits per heavy atom. The Bertz CT molecular complexity index is 282. The van der Waals surface area contributed by atoms with E-state index in [1.165, 1.54) is 0 Å². The summed E-state index contributed by atoms with van der Waals surface area (Å²) in [6.07, 6.45) is 1.06. The Labute approximate surface area is 72.3 Å². The third-order valence-electron chi connectivity index (χ3n) is 4.13. The number of rotatable bonds is 0. The van der Waals surface area contributed by atoms with Gasteiger partial charge in [-0.05, 0) is 24.7 Å². The van der Waals surface area contributed by atoms with E-state index < -0.39 is 0 Å². The van der Waals surface area contributed by atoms with Gasteiger partial charge in [-0.25, -0.2) is 0 Å². The molecule has 3 fully saturated rings. The average molecular weight is 166 g/mol. The minimum atomic E-state index is -0.0635. The van der Waals surface area contributed by atoms with Crippen LogP contribution < -0.4 is 0 Å². The minimum absolute atomic E-state index is 0.0412. The molecule has 2 heteroatoms. The fraction of sp³-hybridized carbons (Fsp3) is 0.900. The Morgan fingerprint density at radius 1 is 1.42 bits per heavy atom. The lowest BCUT2D eigenvalue weighted by molar-refractivity contribution is -0.122. The number of carbonyl (C=O) groups excluding carboxylic acids is 1. The molecule has 2 aliphatic carbocycles. The van der Waals surface area contributed by atoms with Gasteiger partial charge in [-0.1, -0.05) is 13.8 Å². The molecule has 0 aromatic carbocycles. The first-order chi connectivity index (χ1) is 5.47. The first-order valence-electron chi connectivity index (χ1n) is 4.68. The molecular weight excluding hydrogens is 152 g/mol. The summed E-state index contributed by atoms with van der Waals surface area (Å²) >= 11 is 0. The van der Waals surface area contributed by atoms with Crippen LogP contribution >= 0.6 is 0 Å². The quantitative estimate of drug-likeness (QED) is 0.509. The number of fused-ring (bicyclic) bond motifs is 2. The maximum Gasteiger partial charge on any atom is 0.168 e. The van der Waals surface area contributed by atoms with Gasteiger partial charge in [0.25, 0.3) is 0 Å². The topological polar surface area (TPSA) is 29.6 Å². The highest BCUT2D eigenvalue weighted by Gasteiger charge is 2.75. The van der Waals surface area contributed by atoms with E-state index in [0.29, 0.717) is 17.6 Å². The number of ether oxygens (including phenoxy) is 1. The number of hydrogen-bond acceptors (Lipinski definition) is 2. The van der Waals surface area contributed by atoms with Crippen molar-refractivity contribution >= 4 is 5.78 Å². The van der Waals surface area contributed by atoms with Crippen molar-refractivity contribution in [3.8, 4) is 0 Å². The fourth-order valence-electron chi connectivity index (χ4n) is 3.04. The Kier molecular flexibility index (Phi) is 0.885. The second-order valence-corrected chi connectivity index (χ2v) is 5.32. The Balaban J connectivity index is 1.95. The normalized spacial score (nSPS) is 58.9. The van der Waals surface area contributed by atoms with E-state index in [1.807, 2.05) is 0 Å². The molecule has 1 aliphatic heterocycles. The van der Waals surface area contributed by atoms with Crippen LogP contribution in [-0.4, -0.2) is 17.5 Å². The molecule has 3 rings (SSSR count). The van der Waals surface area contributed by atoms with E-state index in [0.717, 1.165) is 6.42 Å². The minimum Gasteiger partial charge on any atom is -0.358 e. The Hall–Kier alpha value is -0.370. The lowest BCUT2D eigenvalue weighted by atomic mass is 9.90. The molecule has 2 saturated carbocycles. The molecule has 0 aromatic rings. The van der Waals surface area contributed by atoms with Crippen molar-refractivity contribution in [2.75, 3.05) is 0 Å². The van der Waals surface area contributed by atoms with Crippen molar-refractivity contribution in [2.45, 2.75) is 38.9 Å². The molecule has 4 atom stereocenters. The second kappa shape index (κ2) is 1.50. The molecule has 0 spiro atoms. The van der Waals surface area contributed by atoms with Crippen LogP contribution in [0.5, 0.6) is 0 Å².